The molecular formula is C32H53N2O9P. The number of methoxy groups -OCH3 is 1. The van der Waals surface area contributed by atoms with Crippen molar-refractivity contribution in [3.8, 4) is 0 Å². The maximum absolute atomic E-state index is 13.5. The molecule has 0 amide bonds. The minimum atomic E-state index is -0.892. The molecular weight excluding hydrogens is 587 g/mol. The van der Waals surface area contributed by atoms with Crippen LogP contribution in [0.15, 0.2) is 11.8 Å². The molecule has 3 saturated heterocycles. The number of nitrogens with one attached hydrogen (secondary N) is 1. The monoisotopic (exact) mass is 640 g/mol. The van der Waals surface area contributed by atoms with Gasteiger partial charge in [0.15, 0.2) is 12.1 Å². The zero-order valence-corrected chi connectivity index (χ0v) is 29.1. The summed E-state index contributed by atoms with van der Waals surface area (Å²) in [7, 11) is 8.02. The number of ketones is 1. The average molecular weight is 641 g/mol. The van der Waals surface area contributed by atoms with Crippen molar-refractivity contribution in [3.05, 3.63) is 11.8 Å². The van der Waals surface area contributed by atoms with Gasteiger partial charge in [-0.05, 0) is 53.1 Å². The lowest BCUT2D eigenvalue weighted by Gasteiger charge is -2.48. The first-order valence-electron chi connectivity index (χ1n) is 15.9. The van der Waals surface area contributed by atoms with Crippen LogP contribution in [0.2, 0.25) is 0 Å². The second-order valence-electron chi connectivity index (χ2n) is 14.0. The first-order valence-corrected chi connectivity index (χ1v) is 16.4. The fraction of sp³-hybridized carbons (Fsp3) is 0.844. The minimum Gasteiger partial charge on any atom is -0.462 e. The third-order valence-corrected chi connectivity index (χ3v) is 10.6. The Morgan fingerprint density at radius 2 is 1.66 bits per heavy atom. The highest BCUT2D eigenvalue weighted by Crippen LogP contribution is 2.47. The molecule has 0 aromatic heterocycles. The van der Waals surface area contributed by atoms with Crippen LogP contribution < -0.4 is 5.32 Å². The molecule has 3 fully saturated rings. The zero-order valence-electron chi connectivity index (χ0n) is 27.9. The van der Waals surface area contributed by atoms with E-state index < -0.39 is 42.3 Å². The van der Waals surface area contributed by atoms with E-state index in [9.17, 15) is 14.4 Å². The third kappa shape index (κ3) is 6.88. The average Bonchev–Trinajstić information content (AvgIpc) is 3.10. The molecule has 12 heteroatoms. The number of carbonyl (C=O) groups excluding carboxylic acids is 3. The van der Waals surface area contributed by atoms with Gasteiger partial charge in [0.25, 0.3) is 0 Å². The largest absolute Gasteiger partial charge is 0.462 e. The Kier molecular flexibility index (Phi) is 11.2. The number of allylic oxidation sites excluding steroid dienone is 1. The van der Waals surface area contributed by atoms with E-state index in [1.807, 2.05) is 41.8 Å². The molecule has 0 aromatic rings. The topological polar surface area (TPSA) is 122 Å². The van der Waals surface area contributed by atoms with Gasteiger partial charge in [-0.2, -0.15) is 0 Å². The highest BCUT2D eigenvalue weighted by molar-refractivity contribution is 7.09. The maximum atomic E-state index is 13.5. The summed E-state index contributed by atoms with van der Waals surface area (Å²) in [5.74, 6) is -1.65. The van der Waals surface area contributed by atoms with E-state index in [2.05, 4.69) is 26.6 Å². The van der Waals surface area contributed by atoms with Crippen molar-refractivity contribution in [2.24, 2.45) is 29.6 Å². The van der Waals surface area contributed by atoms with Crippen molar-refractivity contribution in [1.82, 2.24) is 10.2 Å². The predicted molar refractivity (Wildman–Crippen MR) is 166 cm³/mol. The van der Waals surface area contributed by atoms with Gasteiger partial charge in [-0.25, -0.2) is 4.79 Å². The van der Waals surface area contributed by atoms with E-state index in [1.54, 1.807) is 27.0 Å². The number of cyclic esters (lactones) is 1. The van der Waals surface area contributed by atoms with Crippen molar-refractivity contribution < 1.29 is 42.6 Å². The highest BCUT2D eigenvalue weighted by Gasteiger charge is 2.63. The van der Waals surface area contributed by atoms with Crippen molar-refractivity contribution >= 4 is 27.2 Å². The lowest BCUT2D eigenvalue weighted by atomic mass is 9.72. The Hall–Kier alpha value is -1.62. The Morgan fingerprint density at radius 3 is 2.27 bits per heavy atom. The molecule has 250 valence electrons. The van der Waals surface area contributed by atoms with Gasteiger partial charge in [-0.1, -0.05) is 27.7 Å². The van der Waals surface area contributed by atoms with Crippen LogP contribution >= 0.6 is 9.47 Å². The zero-order chi connectivity index (χ0) is 32.7. The van der Waals surface area contributed by atoms with Gasteiger partial charge in [-0.15, -0.1) is 0 Å². The van der Waals surface area contributed by atoms with Gasteiger partial charge in [0.05, 0.1) is 30.7 Å². The number of nitrogens with zero attached hydrogens (tertiary/aromatic N) is 1. The Balaban J connectivity index is 1.66. The first-order chi connectivity index (χ1) is 20.6. The third-order valence-electron chi connectivity index (χ3n) is 10.3. The van der Waals surface area contributed by atoms with E-state index in [1.165, 1.54) is 0 Å². The Bertz CT molecular complexity index is 1100. The molecule has 0 spiro atoms. The molecule has 0 aromatic carbocycles. The molecule has 4 heterocycles. The van der Waals surface area contributed by atoms with Crippen molar-refractivity contribution in [2.75, 3.05) is 21.2 Å². The van der Waals surface area contributed by atoms with Crippen LogP contribution in [0.5, 0.6) is 0 Å². The number of esters is 2. The first kappa shape index (κ1) is 35.2. The summed E-state index contributed by atoms with van der Waals surface area (Å²) < 4.78 is 36.7. The highest BCUT2D eigenvalue weighted by atomic mass is 31.0. The lowest BCUT2D eigenvalue weighted by molar-refractivity contribution is -0.292. The molecule has 1 N–H and O–H groups in total. The second-order valence-corrected chi connectivity index (χ2v) is 14.3. The molecule has 4 aliphatic heterocycles. The predicted octanol–water partition coefficient (Wildman–Crippen LogP) is 3.25. The van der Waals surface area contributed by atoms with Crippen LogP contribution in [0.1, 0.15) is 67.7 Å². The molecule has 11 nitrogen and oxygen atoms in total. The van der Waals surface area contributed by atoms with Gasteiger partial charge >= 0.3 is 11.9 Å². The maximum Gasteiger partial charge on any atom is 0.332 e. The van der Waals surface area contributed by atoms with Crippen LogP contribution in [0.3, 0.4) is 0 Å². The van der Waals surface area contributed by atoms with E-state index in [-0.39, 0.29) is 65.9 Å². The summed E-state index contributed by atoms with van der Waals surface area (Å²) in [5, 5.41) is 3.18. The van der Waals surface area contributed by atoms with E-state index in [0.29, 0.717) is 18.5 Å². The number of rotatable bonds is 5. The number of hydrogen-bond acceptors (Lipinski definition) is 11. The second kappa shape index (κ2) is 14.0. The summed E-state index contributed by atoms with van der Waals surface area (Å²) in [6.07, 6.45) is -0.656. The van der Waals surface area contributed by atoms with Crippen molar-refractivity contribution in [3.63, 3.8) is 0 Å². The van der Waals surface area contributed by atoms with Gasteiger partial charge < -0.3 is 38.4 Å². The van der Waals surface area contributed by atoms with Crippen LogP contribution in [0.25, 0.3) is 0 Å². The molecule has 15 atom stereocenters. The lowest BCUT2D eigenvalue weighted by Crippen LogP contribution is -2.64. The molecule has 6 unspecified atom stereocenters. The smallest absolute Gasteiger partial charge is 0.332 e. The van der Waals surface area contributed by atoms with E-state index >= 15 is 0 Å². The number of carbonyl (C=O) groups is 3. The van der Waals surface area contributed by atoms with Crippen LogP contribution in [0, 0.1) is 29.6 Å². The van der Waals surface area contributed by atoms with Crippen LogP contribution in [-0.2, 0) is 42.6 Å². The number of likely N-dealkylation sites (N-methyl/N-ethyl adjacent to an activating group) is 1. The van der Waals surface area contributed by atoms with Gasteiger partial charge in [-0.3, -0.25) is 9.59 Å². The van der Waals surface area contributed by atoms with E-state index in [0.717, 1.165) is 0 Å². The molecule has 0 aliphatic carbocycles. The van der Waals surface area contributed by atoms with Crippen LogP contribution in [0.4, 0.5) is 0 Å². The standard InChI is InChI=1S/C32H53N2O9P/c1-15-11-16(2)28(42-30-29(43-44)26(34(8)9)19(5)20(6)40-30)27(38-10)17(3)12-24(36)39-18(4)13-23-25-21(14-22(15)35)33-32(25,7)31(37)41-23/h14-20,23,25-30,33H,11-13,44H2,1-10H3/b21-14+/t15-,16+,17-,18-,19?,20?,23-,25+,26?,27+,28+,29?,30?,32-/m1/s1. The normalized spacial score (nSPS) is 46.7. The molecule has 0 saturated carbocycles. The van der Waals surface area contributed by atoms with Gasteiger partial charge in [0.2, 0.25) is 0 Å². The summed E-state index contributed by atoms with van der Waals surface area (Å²) in [5.41, 5.74) is -0.208. The van der Waals surface area contributed by atoms with Gasteiger partial charge in [0, 0.05) is 52.6 Å². The Morgan fingerprint density at radius 1 is 0.977 bits per heavy atom. The fourth-order valence-electron chi connectivity index (χ4n) is 7.76. The molecule has 0 radical (unpaired) electrons. The van der Waals surface area contributed by atoms with Gasteiger partial charge in [0.1, 0.15) is 23.9 Å². The van der Waals surface area contributed by atoms with E-state index in [4.69, 9.17) is 28.2 Å². The quantitative estimate of drug-likeness (QED) is 0.352. The Labute approximate surface area is 264 Å². The summed E-state index contributed by atoms with van der Waals surface area (Å²) in [6, 6.07) is 0.0284. The summed E-state index contributed by atoms with van der Waals surface area (Å²) in [6.45, 7) is 13.7. The minimum absolute atomic E-state index is 0.0284. The van der Waals surface area contributed by atoms with Crippen molar-refractivity contribution in [1.29, 1.82) is 0 Å². The number of hydrogen-bond donors (Lipinski definition) is 1. The SMILES string of the molecule is CO[C@@H]1[C@@H](OC2OC(C)C(C)C(N(C)C)C2OP)[C@@H](C)C[C@@H](C)C(=O)/C=C2/N[C@@]3(C)C(=O)O[C@H](C[C@@H](C)OC(=O)C[C@H]1C)[C@H]23. The number of ether oxygens (including phenoxy) is 5. The summed E-state index contributed by atoms with van der Waals surface area (Å²) in [4.78, 5) is 41.5. The van der Waals surface area contributed by atoms with Crippen molar-refractivity contribution in [2.45, 2.75) is 122 Å². The molecule has 4 rings (SSSR count). The summed E-state index contributed by atoms with van der Waals surface area (Å²) >= 11 is 0. The van der Waals surface area contributed by atoms with Crippen LogP contribution in [-0.4, -0.2) is 98.3 Å². The molecule has 4 aliphatic rings. The molecule has 44 heavy (non-hydrogen) atoms. The fourth-order valence-corrected chi connectivity index (χ4v) is 8.05. The molecule has 0 bridgehead atoms.